The average molecular weight is 432 g/mol. The second kappa shape index (κ2) is 11.4. The maximum atomic E-state index is 12.8. The highest BCUT2D eigenvalue weighted by Gasteiger charge is 2.14. The van der Waals surface area contributed by atoms with Gasteiger partial charge in [-0.2, -0.15) is 0 Å². The summed E-state index contributed by atoms with van der Waals surface area (Å²) in [4.78, 5) is 12.8. The van der Waals surface area contributed by atoms with Gasteiger partial charge < -0.3 is 14.8 Å². The van der Waals surface area contributed by atoms with E-state index in [0.29, 0.717) is 23.8 Å². The number of amides is 1. The molecule has 0 unspecified atom stereocenters. The third-order valence-corrected chi connectivity index (χ3v) is 5.55. The number of hydrogen-bond donors (Lipinski definition) is 1. The minimum Gasteiger partial charge on any atom is -0.496 e. The third kappa shape index (κ3) is 6.36. The Balaban J connectivity index is 1.65. The zero-order chi connectivity index (χ0) is 22.9. The minimum absolute atomic E-state index is 0.0717. The summed E-state index contributed by atoms with van der Waals surface area (Å²) in [5, 5.41) is 3.11. The van der Waals surface area contributed by atoms with Gasteiger partial charge >= 0.3 is 0 Å². The lowest BCUT2D eigenvalue weighted by Crippen LogP contribution is -2.33. The average Bonchev–Trinajstić information content (AvgIpc) is 2.82. The van der Waals surface area contributed by atoms with Gasteiger partial charge in [0.15, 0.2) is 0 Å². The molecule has 3 aromatic carbocycles. The molecule has 0 saturated carbocycles. The smallest absolute Gasteiger partial charge is 0.251 e. The lowest BCUT2D eigenvalue weighted by atomic mass is 10.0. The molecule has 168 valence electrons. The van der Waals surface area contributed by atoms with Gasteiger partial charge in [-0.3, -0.25) is 4.79 Å². The van der Waals surface area contributed by atoms with Crippen LogP contribution in [0.3, 0.4) is 0 Å². The molecule has 0 spiro atoms. The summed E-state index contributed by atoms with van der Waals surface area (Å²) in [5.41, 5.74) is 3.88. The van der Waals surface area contributed by atoms with Gasteiger partial charge in [0.2, 0.25) is 0 Å². The molecule has 0 aliphatic carbocycles. The number of benzene rings is 3. The van der Waals surface area contributed by atoms with Crippen molar-refractivity contribution in [3.8, 4) is 11.5 Å². The predicted molar refractivity (Wildman–Crippen MR) is 130 cm³/mol. The van der Waals surface area contributed by atoms with Crippen LogP contribution >= 0.6 is 0 Å². The van der Waals surface area contributed by atoms with E-state index in [2.05, 4.69) is 37.4 Å². The first-order chi connectivity index (χ1) is 15.5. The highest BCUT2D eigenvalue weighted by atomic mass is 16.5. The van der Waals surface area contributed by atoms with E-state index in [0.717, 1.165) is 29.7 Å². The second-order valence-corrected chi connectivity index (χ2v) is 8.41. The summed E-state index contributed by atoms with van der Waals surface area (Å²) < 4.78 is 11.6. The highest BCUT2D eigenvalue weighted by molar-refractivity contribution is 5.94. The SMILES string of the molecule is COc1ccc(C(=O)N[C@H](C)CCc2ccccc2)cc1COc1ccccc1C(C)C. The lowest BCUT2D eigenvalue weighted by molar-refractivity contribution is 0.0938. The van der Waals surface area contributed by atoms with E-state index in [-0.39, 0.29) is 11.9 Å². The molecule has 0 radical (unpaired) electrons. The first-order valence-corrected chi connectivity index (χ1v) is 11.2. The third-order valence-electron chi connectivity index (χ3n) is 5.55. The number of para-hydroxylation sites is 1. The van der Waals surface area contributed by atoms with Crippen molar-refractivity contribution in [1.29, 1.82) is 0 Å². The molecule has 4 nitrogen and oxygen atoms in total. The Hall–Kier alpha value is -3.27. The van der Waals surface area contributed by atoms with Gasteiger partial charge in [-0.1, -0.05) is 62.4 Å². The Kier molecular flexibility index (Phi) is 8.32. The van der Waals surface area contributed by atoms with E-state index in [4.69, 9.17) is 9.47 Å². The van der Waals surface area contributed by atoms with Crippen LogP contribution < -0.4 is 14.8 Å². The molecule has 1 amide bonds. The van der Waals surface area contributed by atoms with Crippen LogP contribution in [0.5, 0.6) is 11.5 Å². The maximum Gasteiger partial charge on any atom is 0.251 e. The number of hydrogen-bond acceptors (Lipinski definition) is 3. The molecule has 4 heteroatoms. The number of nitrogens with one attached hydrogen (secondary N) is 1. The number of rotatable bonds is 10. The Morgan fingerprint density at radius 3 is 2.34 bits per heavy atom. The molecule has 0 heterocycles. The number of carbonyl (C=O) groups is 1. The van der Waals surface area contributed by atoms with Crippen molar-refractivity contribution in [2.75, 3.05) is 7.11 Å². The standard InChI is InChI=1S/C28H33NO3/c1-20(2)25-12-8-9-13-27(25)32-19-24-18-23(16-17-26(24)31-4)28(30)29-21(3)14-15-22-10-6-5-7-11-22/h5-13,16-18,20-21H,14-15,19H2,1-4H3,(H,29,30)/t21-/m1/s1. The van der Waals surface area contributed by atoms with Gasteiger partial charge in [0.25, 0.3) is 5.91 Å². The van der Waals surface area contributed by atoms with E-state index in [1.165, 1.54) is 5.56 Å². The summed E-state index contributed by atoms with van der Waals surface area (Å²) in [6.45, 7) is 6.66. The summed E-state index contributed by atoms with van der Waals surface area (Å²) >= 11 is 0. The fourth-order valence-electron chi connectivity index (χ4n) is 3.68. The van der Waals surface area contributed by atoms with Crippen LogP contribution in [-0.4, -0.2) is 19.1 Å². The number of methoxy groups -OCH3 is 1. The van der Waals surface area contributed by atoms with E-state index in [9.17, 15) is 4.79 Å². The van der Waals surface area contributed by atoms with Gasteiger partial charge in [0, 0.05) is 17.2 Å². The van der Waals surface area contributed by atoms with Gasteiger partial charge in [-0.25, -0.2) is 0 Å². The van der Waals surface area contributed by atoms with Crippen molar-refractivity contribution >= 4 is 5.91 Å². The zero-order valence-electron chi connectivity index (χ0n) is 19.4. The Bertz CT molecular complexity index is 1010. The zero-order valence-corrected chi connectivity index (χ0v) is 19.4. The predicted octanol–water partition coefficient (Wildman–Crippen LogP) is 6.15. The van der Waals surface area contributed by atoms with Gasteiger partial charge in [-0.05, 0) is 61.1 Å². The summed E-state index contributed by atoms with van der Waals surface area (Å²) in [6, 6.07) is 23.9. The van der Waals surface area contributed by atoms with Gasteiger partial charge in [0.1, 0.15) is 18.1 Å². The second-order valence-electron chi connectivity index (χ2n) is 8.41. The van der Waals surface area contributed by atoms with Crippen molar-refractivity contribution in [3.63, 3.8) is 0 Å². The van der Waals surface area contributed by atoms with Crippen molar-refractivity contribution in [2.24, 2.45) is 0 Å². The fourth-order valence-corrected chi connectivity index (χ4v) is 3.68. The normalized spacial score (nSPS) is 11.8. The fraction of sp³-hybridized carbons (Fsp3) is 0.321. The molecule has 3 rings (SSSR count). The Labute approximate surface area is 191 Å². The first-order valence-electron chi connectivity index (χ1n) is 11.2. The first kappa shape index (κ1) is 23.4. The number of ether oxygens (including phenoxy) is 2. The van der Waals surface area contributed by atoms with Gasteiger partial charge in [0.05, 0.1) is 7.11 Å². The van der Waals surface area contributed by atoms with Crippen LogP contribution in [-0.2, 0) is 13.0 Å². The molecule has 0 aliphatic heterocycles. The molecule has 3 aromatic rings. The van der Waals surface area contributed by atoms with Crippen LogP contribution in [0.1, 0.15) is 60.2 Å². The van der Waals surface area contributed by atoms with Crippen LogP contribution in [0.2, 0.25) is 0 Å². The molecule has 1 N–H and O–H groups in total. The summed E-state index contributed by atoms with van der Waals surface area (Å²) in [5.74, 6) is 1.84. The molecule has 32 heavy (non-hydrogen) atoms. The lowest BCUT2D eigenvalue weighted by Gasteiger charge is -2.17. The molecular formula is C28H33NO3. The topological polar surface area (TPSA) is 47.6 Å². The molecular weight excluding hydrogens is 398 g/mol. The molecule has 1 atom stereocenters. The van der Waals surface area contributed by atoms with E-state index in [1.54, 1.807) is 13.2 Å². The van der Waals surface area contributed by atoms with E-state index < -0.39 is 0 Å². The van der Waals surface area contributed by atoms with Crippen molar-refractivity contribution in [3.05, 3.63) is 95.1 Å². The molecule has 0 fully saturated rings. The van der Waals surface area contributed by atoms with Crippen molar-refractivity contribution in [2.45, 2.75) is 52.2 Å². The molecule has 0 aliphatic rings. The van der Waals surface area contributed by atoms with E-state index in [1.807, 2.05) is 55.5 Å². The molecule has 0 saturated heterocycles. The monoisotopic (exact) mass is 431 g/mol. The number of carbonyl (C=O) groups excluding carboxylic acids is 1. The van der Waals surface area contributed by atoms with Crippen molar-refractivity contribution < 1.29 is 14.3 Å². The Morgan fingerprint density at radius 1 is 0.906 bits per heavy atom. The maximum absolute atomic E-state index is 12.8. The van der Waals surface area contributed by atoms with Crippen LogP contribution in [0, 0.1) is 0 Å². The summed E-state index contributed by atoms with van der Waals surface area (Å²) in [7, 11) is 1.63. The quantitative estimate of drug-likeness (QED) is 0.419. The number of aryl methyl sites for hydroxylation is 1. The largest absolute Gasteiger partial charge is 0.496 e. The van der Waals surface area contributed by atoms with Crippen LogP contribution in [0.25, 0.3) is 0 Å². The van der Waals surface area contributed by atoms with Crippen molar-refractivity contribution in [1.82, 2.24) is 5.32 Å². The molecule has 0 aromatic heterocycles. The molecule has 0 bridgehead atoms. The van der Waals surface area contributed by atoms with Crippen LogP contribution in [0.15, 0.2) is 72.8 Å². The van der Waals surface area contributed by atoms with E-state index >= 15 is 0 Å². The van der Waals surface area contributed by atoms with Crippen LogP contribution in [0.4, 0.5) is 0 Å². The summed E-state index contributed by atoms with van der Waals surface area (Å²) in [6.07, 6.45) is 1.81. The Morgan fingerprint density at radius 2 is 1.62 bits per heavy atom. The van der Waals surface area contributed by atoms with Gasteiger partial charge in [-0.15, -0.1) is 0 Å². The minimum atomic E-state index is -0.0861. The highest BCUT2D eigenvalue weighted by Crippen LogP contribution is 2.28.